The molecular weight excluding hydrogens is 186 g/mol. The fourth-order valence-corrected chi connectivity index (χ4v) is 2.78. The summed E-state index contributed by atoms with van der Waals surface area (Å²) in [5.41, 5.74) is 0. The van der Waals surface area contributed by atoms with Gasteiger partial charge in [0.2, 0.25) is 0 Å². The molecule has 2 heteroatoms. The van der Waals surface area contributed by atoms with Gasteiger partial charge in [-0.25, -0.2) is 0 Å². The molecule has 2 aliphatic rings. The van der Waals surface area contributed by atoms with E-state index in [0.29, 0.717) is 6.10 Å². The van der Waals surface area contributed by atoms with Gasteiger partial charge in [-0.1, -0.05) is 6.92 Å². The van der Waals surface area contributed by atoms with Gasteiger partial charge in [-0.05, 0) is 57.4 Å². The van der Waals surface area contributed by atoms with Crippen LogP contribution in [-0.2, 0) is 4.74 Å². The monoisotopic (exact) mass is 211 g/mol. The Kier molecular flexibility index (Phi) is 4.45. The van der Waals surface area contributed by atoms with Gasteiger partial charge in [-0.3, -0.25) is 0 Å². The highest BCUT2D eigenvalue weighted by molar-refractivity contribution is 4.76. The first-order valence-electron chi connectivity index (χ1n) is 6.69. The maximum absolute atomic E-state index is 5.62. The van der Waals surface area contributed by atoms with Gasteiger partial charge in [0.05, 0.1) is 6.10 Å². The zero-order chi connectivity index (χ0) is 10.5. The molecule has 1 heterocycles. The summed E-state index contributed by atoms with van der Waals surface area (Å²) < 4.78 is 5.62. The van der Waals surface area contributed by atoms with Crippen LogP contribution < -0.4 is 5.32 Å². The highest BCUT2D eigenvalue weighted by Crippen LogP contribution is 2.23. The van der Waals surface area contributed by atoms with Crippen LogP contribution in [0, 0.1) is 5.92 Å². The molecule has 0 bridgehead atoms. The van der Waals surface area contributed by atoms with Crippen molar-refractivity contribution in [1.29, 1.82) is 0 Å². The van der Waals surface area contributed by atoms with Crippen molar-refractivity contribution in [3.63, 3.8) is 0 Å². The molecule has 0 spiro atoms. The third-order valence-corrected chi connectivity index (χ3v) is 3.94. The molecule has 1 unspecified atom stereocenters. The van der Waals surface area contributed by atoms with E-state index in [9.17, 15) is 0 Å². The molecule has 1 saturated heterocycles. The van der Waals surface area contributed by atoms with E-state index < -0.39 is 0 Å². The Balaban J connectivity index is 1.53. The molecular formula is C13H25NO. The second-order valence-corrected chi connectivity index (χ2v) is 5.33. The Labute approximate surface area is 93.8 Å². The summed E-state index contributed by atoms with van der Waals surface area (Å²) >= 11 is 0. The highest BCUT2D eigenvalue weighted by atomic mass is 16.5. The lowest BCUT2D eigenvalue weighted by Crippen LogP contribution is -2.34. The van der Waals surface area contributed by atoms with Gasteiger partial charge in [-0.15, -0.1) is 0 Å². The lowest BCUT2D eigenvalue weighted by molar-refractivity contribution is 0.103. The first-order valence-corrected chi connectivity index (χ1v) is 6.69. The predicted molar refractivity (Wildman–Crippen MR) is 63.0 cm³/mol. The van der Waals surface area contributed by atoms with Crippen LogP contribution in [0.3, 0.4) is 0 Å². The SMILES string of the molecule is CC1CCC(NCCC2CCCO2)CC1. The molecule has 1 atom stereocenters. The molecule has 1 aliphatic heterocycles. The van der Waals surface area contributed by atoms with Crippen molar-refractivity contribution in [2.75, 3.05) is 13.2 Å². The van der Waals surface area contributed by atoms with E-state index >= 15 is 0 Å². The van der Waals surface area contributed by atoms with Gasteiger partial charge in [0.25, 0.3) is 0 Å². The third-order valence-electron chi connectivity index (χ3n) is 3.94. The Morgan fingerprint density at radius 1 is 1.13 bits per heavy atom. The maximum Gasteiger partial charge on any atom is 0.0588 e. The summed E-state index contributed by atoms with van der Waals surface area (Å²) in [6.07, 6.45) is 9.91. The molecule has 2 nitrogen and oxygen atoms in total. The van der Waals surface area contributed by atoms with Gasteiger partial charge in [0.15, 0.2) is 0 Å². The molecule has 1 N–H and O–H groups in total. The fourth-order valence-electron chi connectivity index (χ4n) is 2.78. The fraction of sp³-hybridized carbons (Fsp3) is 1.00. The van der Waals surface area contributed by atoms with Gasteiger partial charge < -0.3 is 10.1 Å². The third kappa shape index (κ3) is 3.76. The minimum atomic E-state index is 0.556. The van der Waals surface area contributed by atoms with Crippen molar-refractivity contribution in [3.8, 4) is 0 Å². The number of hydrogen-bond acceptors (Lipinski definition) is 2. The van der Waals surface area contributed by atoms with Gasteiger partial charge in [-0.2, -0.15) is 0 Å². The zero-order valence-electron chi connectivity index (χ0n) is 10.0. The summed E-state index contributed by atoms with van der Waals surface area (Å²) in [6, 6.07) is 0.794. The molecule has 0 aromatic heterocycles. The van der Waals surface area contributed by atoms with Crippen LogP contribution in [0.5, 0.6) is 0 Å². The standard InChI is InChI=1S/C13H25NO/c1-11-4-6-12(7-5-11)14-9-8-13-3-2-10-15-13/h11-14H,2-10H2,1H3. The van der Waals surface area contributed by atoms with Gasteiger partial charge >= 0.3 is 0 Å². The summed E-state index contributed by atoms with van der Waals surface area (Å²) in [4.78, 5) is 0. The first-order chi connectivity index (χ1) is 7.34. The summed E-state index contributed by atoms with van der Waals surface area (Å²) in [6.45, 7) is 4.53. The van der Waals surface area contributed by atoms with Crippen LogP contribution in [0.4, 0.5) is 0 Å². The van der Waals surface area contributed by atoms with Crippen molar-refractivity contribution in [3.05, 3.63) is 0 Å². The quantitative estimate of drug-likeness (QED) is 0.772. The van der Waals surface area contributed by atoms with Crippen LogP contribution >= 0.6 is 0 Å². The number of nitrogens with one attached hydrogen (secondary N) is 1. The molecule has 88 valence electrons. The Morgan fingerprint density at radius 3 is 2.60 bits per heavy atom. The molecule has 0 aromatic carbocycles. The highest BCUT2D eigenvalue weighted by Gasteiger charge is 2.19. The minimum Gasteiger partial charge on any atom is -0.378 e. The van der Waals surface area contributed by atoms with E-state index in [4.69, 9.17) is 4.74 Å². The smallest absolute Gasteiger partial charge is 0.0588 e. The lowest BCUT2D eigenvalue weighted by atomic mass is 9.87. The van der Waals surface area contributed by atoms with E-state index in [-0.39, 0.29) is 0 Å². The average Bonchev–Trinajstić information content (AvgIpc) is 2.74. The van der Waals surface area contributed by atoms with E-state index in [2.05, 4.69) is 12.2 Å². The van der Waals surface area contributed by atoms with Gasteiger partial charge in [0.1, 0.15) is 0 Å². The number of ether oxygens (including phenoxy) is 1. The Morgan fingerprint density at radius 2 is 1.93 bits per heavy atom. The Hall–Kier alpha value is -0.0800. The van der Waals surface area contributed by atoms with E-state index in [0.717, 1.165) is 25.1 Å². The maximum atomic E-state index is 5.62. The largest absolute Gasteiger partial charge is 0.378 e. The molecule has 15 heavy (non-hydrogen) atoms. The van der Waals surface area contributed by atoms with E-state index in [1.807, 2.05) is 0 Å². The summed E-state index contributed by atoms with van der Waals surface area (Å²) in [7, 11) is 0. The molecule has 1 saturated carbocycles. The van der Waals surface area contributed by atoms with Crippen LogP contribution in [0.15, 0.2) is 0 Å². The molecule has 2 rings (SSSR count). The predicted octanol–water partition coefficient (Wildman–Crippen LogP) is 2.72. The molecule has 0 amide bonds. The molecule has 0 radical (unpaired) electrons. The minimum absolute atomic E-state index is 0.556. The topological polar surface area (TPSA) is 21.3 Å². The first kappa shape index (κ1) is 11.4. The summed E-state index contributed by atoms with van der Waals surface area (Å²) in [5, 5.41) is 3.69. The average molecular weight is 211 g/mol. The van der Waals surface area contributed by atoms with Crippen molar-refractivity contribution in [2.24, 2.45) is 5.92 Å². The van der Waals surface area contributed by atoms with Crippen molar-refractivity contribution >= 4 is 0 Å². The van der Waals surface area contributed by atoms with Crippen molar-refractivity contribution in [2.45, 2.75) is 64.0 Å². The van der Waals surface area contributed by atoms with E-state index in [1.54, 1.807) is 0 Å². The molecule has 2 fully saturated rings. The second-order valence-electron chi connectivity index (χ2n) is 5.33. The van der Waals surface area contributed by atoms with Crippen LogP contribution in [0.25, 0.3) is 0 Å². The van der Waals surface area contributed by atoms with Crippen LogP contribution in [0.2, 0.25) is 0 Å². The van der Waals surface area contributed by atoms with Crippen molar-refractivity contribution < 1.29 is 4.74 Å². The van der Waals surface area contributed by atoms with Gasteiger partial charge in [0, 0.05) is 12.6 Å². The van der Waals surface area contributed by atoms with E-state index in [1.165, 1.54) is 44.9 Å². The summed E-state index contributed by atoms with van der Waals surface area (Å²) in [5.74, 6) is 0.959. The Bertz CT molecular complexity index is 169. The van der Waals surface area contributed by atoms with Crippen molar-refractivity contribution in [1.82, 2.24) is 5.32 Å². The molecule has 1 aliphatic carbocycles. The zero-order valence-corrected chi connectivity index (χ0v) is 10.0. The number of rotatable bonds is 4. The molecule has 0 aromatic rings. The normalized spacial score (nSPS) is 37.0. The number of hydrogen-bond donors (Lipinski definition) is 1. The lowest BCUT2D eigenvalue weighted by Gasteiger charge is -2.27. The van der Waals surface area contributed by atoms with Crippen LogP contribution in [-0.4, -0.2) is 25.3 Å². The van der Waals surface area contributed by atoms with Crippen LogP contribution in [0.1, 0.15) is 51.9 Å². The second kappa shape index (κ2) is 5.86.